The monoisotopic (exact) mass is 232 g/mol. The lowest BCUT2D eigenvalue weighted by Gasteiger charge is -2.10. The first-order valence-electron chi connectivity index (χ1n) is 5.07. The number of carbonyl (C=O) groups is 2. The molecule has 17 heavy (non-hydrogen) atoms. The Labute approximate surface area is 98.7 Å². The molecule has 1 aromatic carbocycles. The van der Waals surface area contributed by atoms with Crippen LogP contribution in [0.1, 0.15) is 23.6 Å². The van der Waals surface area contributed by atoms with Crippen LogP contribution in [0.15, 0.2) is 12.1 Å². The zero-order valence-electron chi connectivity index (χ0n) is 9.57. The minimum atomic E-state index is -1.58. The van der Waals surface area contributed by atoms with Crippen molar-refractivity contribution in [2.24, 2.45) is 0 Å². The standard InChI is InChI=1S/C12H12N2O3/c1-3-8-4-7(2)5-10(9(8)6-13)14-11(15)12(16)17/h4-5H,3H2,1-2H3,(H,14,15)(H,16,17). The zero-order chi connectivity index (χ0) is 13.0. The van der Waals surface area contributed by atoms with Crippen LogP contribution < -0.4 is 5.32 Å². The number of benzene rings is 1. The highest BCUT2D eigenvalue weighted by Gasteiger charge is 2.15. The number of nitrogens with zero attached hydrogens (tertiary/aromatic N) is 1. The molecule has 88 valence electrons. The van der Waals surface area contributed by atoms with Gasteiger partial charge in [0.25, 0.3) is 0 Å². The van der Waals surface area contributed by atoms with Crippen molar-refractivity contribution < 1.29 is 14.7 Å². The van der Waals surface area contributed by atoms with Crippen molar-refractivity contribution in [1.29, 1.82) is 5.26 Å². The van der Waals surface area contributed by atoms with Crippen molar-refractivity contribution in [2.75, 3.05) is 5.32 Å². The van der Waals surface area contributed by atoms with E-state index in [2.05, 4.69) is 5.32 Å². The molecule has 0 aliphatic carbocycles. The molecule has 0 saturated carbocycles. The second-order valence-corrected chi connectivity index (χ2v) is 3.57. The van der Waals surface area contributed by atoms with E-state index in [4.69, 9.17) is 10.4 Å². The van der Waals surface area contributed by atoms with Gasteiger partial charge in [-0.2, -0.15) is 5.26 Å². The molecule has 1 amide bonds. The fraction of sp³-hybridized carbons (Fsp3) is 0.250. The molecule has 2 N–H and O–H groups in total. The van der Waals surface area contributed by atoms with Gasteiger partial charge in [-0.25, -0.2) is 4.79 Å². The van der Waals surface area contributed by atoms with Gasteiger partial charge in [-0.05, 0) is 30.5 Å². The molecule has 0 atom stereocenters. The van der Waals surface area contributed by atoms with E-state index in [1.165, 1.54) is 0 Å². The first-order valence-corrected chi connectivity index (χ1v) is 5.07. The van der Waals surface area contributed by atoms with Crippen LogP contribution >= 0.6 is 0 Å². The normalized spacial score (nSPS) is 9.47. The summed E-state index contributed by atoms with van der Waals surface area (Å²) < 4.78 is 0. The van der Waals surface area contributed by atoms with Crippen LogP contribution in [0, 0.1) is 18.3 Å². The molecule has 0 unspecified atom stereocenters. The van der Waals surface area contributed by atoms with E-state index in [1.807, 2.05) is 26.0 Å². The van der Waals surface area contributed by atoms with Crippen LogP contribution in [-0.4, -0.2) is 17.0 Å². The molecule has 0 aromatic heterocycles. The topological polar surface area (TPSA) is 90.2 Å². The summed E-state index contributed by atoms with van der Waals surface area (Å²) in [6.07, 6.45) is 0.639. The smallest absolute Gasteiger partial charge is 0.394 e. The minimum Gasteiger partial charge on any atom is -0.474 e. The van der Waals surface area contributed by atoms with Gasteiger partial charge in [0.2, 0.25) is 0 Å². The Hall–Kier alpha value is -2.35. The van der Waals surface area contributed by atoms with Crippen molar-refractivity contribution in [2.45, 2.75) is 20.3 Å². The van der Waals surface area contributed by atoms with Gasteiger partial charge < -0.3 is 10.4 Å². The predicted molar refractivity (Wildman–Crippen MR) is 61.5 cm³/mol. The van der Waals surface area contributed by atoms with Crippen LogP contribution in [-0.2, 0) is 16.0 Å². The SMILES string of the molecule is CCc1cc(C)cc(NC(=O)C(=O)O)c1C#N. The summed E-state index contributed by atoms with van der Waals surface area (Å²) in [5.74, 6) is -2.72. The average molecular weight is 232 g/mol. The van der Waals surface area contributed by atoms with E-state index in [0.717, 1.165) is 11.1 Å². The number of amides is 1. The number of anilines is 1. The third kappa shape index (κ3) is 2.82. The van der Waals surface area contributed by atoms with Crippen molar-refractivity contribution >= 4 is 17.6 Å². The molecule has 1 rings (SSSR count). The fourth-order valence-corrected chi connectivity index (χ4v) is 1.55. The lowest BCUT2D eigenvalue weighted by molar-refractivity contribution is -0.147. The Morgan fingerprint density at radius 2 is 2.12 bits per heavy atom. The van der Waals surface area contributed by atoms with E-state index in [-0.39, 0.29) is 5.69 Å². The number of aliphatic carboxylic acids is 1. The van der Waals surface area contributed by atoms with Gasteiger partial charge >= 0.3 is 11.9 Å². The third-order valence-electron chi connectivity index (χ3n) is 2.30. The first-order chi connectivity index (χ1) is 7.99. The van der Waals surface area contributed by atoms with Crippen molar-refractivity contribution in [3.63, 3.8) is 0 Å². The molecule has 0 aliphatic heterocycles. The van der Waals surface area contributed by atoms with E-state index >= 15 is 0 Å². The van der Waals surface area contributed by atoms with Crippen molar-refractivity contribution in [3.05, 3.63) is 28.8 Å². The van der Waals surface area contributed by atoms with Crippen LogP contribution in [0.5, 0.6) is 0 Å². The Morgan fingerprint density at radius 3 is 2.59 bits per heavy atom. The van der Waals surface area contributed by atoms with Gasteiger partial charge in [0.1, 0.15) is 6.07 Å². The summed E-state index contributed by atoms with van der Waals surface area (Å²) in [7, 11) is 0. The number of carboxylic acids is 1. The van der Waals surface area contributed by atoms with Crippen LogP contribution in [0.3, 0.4) is 0 Å². The van der Waals surface area contributed by atoms with E-state index in [9.17, 15) is 9.59 Å². The Balaban J connectivity index is 3.23. The summed E-state index contributed by atoms with van der Waals surface area (Å²) in [6.45, 7) is 3.70. The van der Waals surface area contributed by atoms with E-state index in [1.54, 1.807) is 6.07 Å². The quantitative estimate of drug-likeness (QED) is 0.755. The van der Waals surface area contributed by atoms with Crippen molar-refractivity contribution in [3.8, 4) is 6.07 Å². The average Bonchev–Trinajstić information content (AvgIpc) is 2.27. The molecule has 5 heteroatoms. The molecule has 0 radical (unpaired) electrons. The lowest BCUT2D eigenvalue weighted by Crippen LogP contribution is -2.22. The van der Waals surface area contributed by atoms with E-state index < -0.39 is 11.9 Å². The Kier molecular flexibility index (Phi) is 3.83. The number of carboxylic acid groups (broad SMARTS) is 1. The number of aryl methyl sites for hydroxylation is 2. The Bertz CT molecular complexity index is 515. The number of nitrogens with one attached hydrogen (secondary N) is 1. The minimum absolute atomic E-state index is 0.247. The maximum absolute atomic E-state index is 11.1. The maximum atomic E-state index is 11.1. The van der Waals surface area contributed by atoms with Gasteiger partial charge in [0.05, 0.1) is 11.3 Å². The second kappa shape index (κ2) is 5.12. The second-order valence-electron chi connectivity index (χ2n) is 3.57. The highest BCUT2D eigenvalue weighted by molar-refractivity contribution is 6.36. The van der Waals surface area contributed by atoms with Crippen LogP contribution in [0.4, 0.5) is 5.69 Å². The molecule has 0 heterocycles. The predicted octanol–water partition coefficient (Wildman–Crippen LogP) is 1.45. The highest BCUT2D eigenvalue weighted by Crippen LogP contribution is 2.22. The molecule has 0 bridgehead atoms. The number of hydrogen-bond donors (Lipinski definition) is 2. The van der Waals surface area contributed by atoms with Gasteiger partial charge in [-0.3, -0.25) is 4.79 Å². The Morgan fingerprint density at radius 1 is 1.47 bits per heavy atom. The zero-order valence-corrected chi connectivity index (χ0v) is 9.57. The summed E-state index contributed by atoms with van der Waals surface area (Å²) in [4.78, 5) is 21.5. The van der Waals surface area contributed by atoms with Gasteiger partial charge in [0.15, 0.2) is 0 Å². The van der Waals surface area contributed by atoms with Crippen molar-refractivity contribution in [1.82, 2.24) is 0 Å². The first kappa shape index (κ1) is 12.7. The van der Waals surface area contributed by atoms with Gasteiger partial charge in [-0.1, -0.05) is 13.0 Å². The maximum Gasteiger partial charge on any atom is 0.394 e. The van der Waals surface area contributed by atoms with Gasteiger partial charge in [0, 0.05) is 0 Å². The summed E-state index contributed by atoms with van der Waals surface area (Å²) in [6, 6.07) is 5.40. The molecular weight excluding hydrogens is 220 g/mol. The van der Waals surface area contributed by atoms with Crippen LogP contribution in [0.25, 0.3) is 0 Å². The molecule has 0 aliphatic rings. The summed E-state index contributed by atoms with van der Waals surface area (Å²) in [5, 5.41) is 19.7. The fourth-order valence-electron chi connectivity index (χ4n) is 1.55. The molecular formula is C12H12N2O3. The largest absolute Gasteiger partial charge is 0.474 e. The molecule has 5 nitrogen and oxygen atoms in total. The molecule has 0 saturated heterocycles. The molecule has 0 spiro atoms. The number of hydrogen-bond acceptors (Lipinski definition) is 3. The molecule has 1 aromatic rings. The summed E-state index contributed by atoms with van der Waals surface area (Å²) >= 11 is 0. The number of rotatable bonds is 2. The van der Waals surface area contributed by atoms with Gasteiger partial charge in [-0.15, -0.1) is 0 Å². The van der Waals surface area contributed by atoms with E-state index in [0.29, 0.717) is 12.0 Å². The highest BCUT2D eigenvalue weighted by atomic mass is 16.4. The number of carbonyl (C=O) groups excluding carboxylic acids is 1. The lowest BCUT2D eigenvalue weighted by atomic mass is 10.0. The summed E-state index contributed by atoms with van der Waals surface area (Å²) in [5.41, 5.74) is 2.21. The third-order valence-corrected chi connectivity index (χ3v) is 2.30. The van der Waals surface area contributed by atoms with Crippen LogP contribution in [0.2, 0.25) is 0 Å². The molecule has 0 fully saturated rings. The number of nitriles is 1.